The molecule has 5 heteroatoms. The fourth-order valence-corrected chi connectivity index (χ4v) is 3.87. The highest BCUT2D eigenvalue weighted by atomic mass is 16.5. The Morgan fingerprint density at radius 1 is 1.03 bits per heavy atom. The van der Waals surface area contributed by atoms with Gasteiger partial charge < -0.3 is 19.7 Å². The van der Waals surface area contributed by atoms with E-state index in [1.165, 1.54) is 11.3 Å². The quantitative estimate of drug-likeness (QED) is 0.646. The Bertz CT molecular complexity index is 995. The lowest BCUT2D eigenvalue weighted by molar-refractivity contribution is 0.0952. The first-order valence-electron chi connectivity index (χ1n) is 10.6. The van der Waals surface area contributed by atoms with Crippen LogP contribution in [0.4, 0.5) is 5.69 Å². The molecule has 1 saturated heterocycles. The van der Waals surface area contributed by atoms with Crippen LogP contribution >= 0.6 is 0 Å². The van der Waals surface area contributed by atoms with Crippen molar-refractivity contribution < 1.29 is 14.3 Å². The molecule has 1 amide bonds. The van der Waals surface area contributed by atoms with E-state index in [1.807, 2.05) is 43.3 Å². The van der Waals surface area contributed by atoms with E-state index in [0.29, 0.717) is 24.5 Å². The lowest BCUT2D eigenvalue weighted by Gasteiger charge is -2.28. The standard InChI is InChI=1S/C25H28N2O3/c1-2-30-23-12-9-20-5-3-4-6-22(20)24(23)25(28)26-14-13-19-7-10-21(11-8-19)27-15-17-29-18-16-27/h3-12H,2,13-18H2,1H3,(H,26,28). The summed E-state index contributed by atoms with van der Waals surface area (Å²) >= 11 is 0. The zero-order chi connectivity index (χ0) is 20.8. The van der Waals surface area contributed by atoms with Gasteiger partial charge in [-0.3, -0.25) is 4.79 Å². The van der Waals surface area contributed by atoms with Crippen LogP contribution < -0.4 is 15.0 Å². The molecule has 1 heterocycles. The summed E-state index contributed by atoms with van der Waals surface area (Å²) in [5.41, 5.74) is 3.04. The Hall–Kier alpha value is -3.05. The molecule has 1 N–H and O–H groups in total. The summed E-state index contributed by atoms with van der Waals surface area (Å²) in [6.07, 6.45) is 0.782. The van der Waals surface area contributed by atoms with E-state index in [-0.39, 0.29) is 5.91 Å². The third kappa shape index (κ3) is 4.57. The summed E-state index contributed by atoms with van der Waals surface area (Å²) in [4.78, 5) is 15.3. The van der Waals surface area contributed by atoms with E-state index in [0.717, 1.165) is 43.5 Å². The summed E-state index contributed by atoms with van der Waals surface area (Å²) in [7, 11) is 0. The molecule has 0 aromatic heterocycles. The van der Waals surface area contributed by atoms with Crippen LogP contribution in [0.3, 0.4) is 0 Å². The van der Waals surface area contributed by atoms with Crippen LogP contribution in [0, 0.1) is 0 Å². The highest BCUT2D eigenvalue weighted by molar-refractivity contribution is 6.09. The second kappa shape index (κ2) is 9.63. The molecule has 1 aliphatic heterocycles. The van der Waals surface area contributed by atoms with Crippen LogP contribution in [-0.2, 0) is 11.2 Å². The second-order valence-electron chi connectivity index (χ2n) is 7.36. The monoisotopic (exact) mass is 404 g/mol. The van der Waals surface area contributed by atoms with Crippen LogP contribution in [0.25, 0.3) is 10.8 Å². The first-order chi connectivity index (χ1) is 14.8. The molecule has 4 rings (SSSR count). The number of benzene rings is 3. The zero-order valence-electron chi connectivity index (χ0n) is 17.4. The van der Waals surface area contributed by atoms with Crippen molar-refractivity contribution in [3.8, 4) is 5.75 Å². The molecule has 3 aromatic rings. The Kier molecular flexibility index (Phi) is 6.50. The highest BCUT2D eigenvalue weighted by Gasteiger charge is 2.16. The number of nitrogens with one attached hydrogen (secondary N) is 1. The van der Waals surface area contributed by atoms with E-state index in [4.69, 9.17) is 9.47 Å². The summed E-state index contributed by atoms with van der Waals surface area (Å²) in [5, 5.41) is 5.02. The number of nitrogens with zero attached hydrogens (tertiary/aromatic N) is 1. The Balaban J connectivity index is 1.41. The van der Waals surface area contributed by atoms with E-state index in [1.54, 1.807) is 0 Å². The fourth-order valence-electron chi connectivity index (χ4n) is 3.87. The molecular weight excluding hydrogens is 376 g/mol. The van der Waals surface area contributed by atoms with Crippen molar-refractivity contribution in [1.29, 1.82) is 0 Å². The molecule has 1 aliphatic rings. The Morgan fingerprint density at radius 2 is 1.80 bits per heavy atom. The molecule has 0 unspecified atom stereocenters. The molecular formula is C25H28N2O3. The van der Waals surface area contributed by atoms with Crippen LogP contribution in [0.15, 0.2) is 60.7 Å². The lowest BCUT2D eigenvalue weighted by atomic mass is 10.0. The van der Waals surface area contributed by atoms with Crippen LogP contribution in [0.5, 0.6) is 5.75 Å². The van der Waals surface area contributed by atoms with Gasteiger partial charge >= 0.3 is 0 Å². The molecule has 0 saturated carbocycles. The second-order valence-corrected chi connectivity index (χ2v) is 7.36. The number of morpholine rings is 1. The molecule has 30 heavy (non-hydrogen) atoms. The minimum atomic E-state index is -0.0970. The van der Waals surface area contributed by atoms with Crippen molar-refractivity contribution in [1.82, 2.24) is 5.32 Å². The summed E-state index contributed by atoms with van der Waals surface area (Å²) in [6.45, 7) is 6.46. The average Bonchev–Trinajstić information content (AvgIpc) is 2.80. The Morgan fingerprint density at radius 3 is 2.57 bits per heavy atom. The van der Waals surface area contributed by atoms with E-state index < -0.39 is 0 Å². The number of amides is 1. The highest BCUT2D eigenvalue weighted by Crippen LogP contribution is 2.28. The normalized spacial score (nSPS) is 14.0. The first-order valence-corrected chi connectivity index (χ1v) is 10.6. The van der Waals surface area contributed by atoms with Gasteiger partial charge in [-0.2, -0.15) is 0 Å². The van der Waals surface area contributed by atoms with Gasteiger partial charge in [0.25, 0.3) is 5.91 Å². The molecule has 1 fully saturated rings. The molecule has 0 atom stereocenters. The molecule has 156 valence electrons. The van der Waals surface area contributed by atoms with E-state index >= 15 is 0 Å². The van der Waals surface area contributed by atoms with E-state index in [2.05, 4.69) is 34.5 Å². The number of ether oxygens (including phenoxy) is 2. The summed E-state index contributed by atoms with van der Waals surface area (Å²) in [6, 6.07) is 20.4. The number of carbonyl (C=O) groups is 1. The maximum absolute atomic E-state index is 13.0. The van der Waals surface area contributed by atoms with Crippen LogP contribution in [0.1, 0.15) is 22.8 Å². The molecule has 3 aromatic carbocycles. The lowest BCUT2D eigenvalue weighted by Crippen LogP contribution is -2.36. The summed E-state index contributed by atoms with van der Waals surface area (Å²) < 4.78 is 11.1. The average molecular weight is 405 g/mol. The van der Waals surface area contributed by atoms with Gasteiger partial charge in [-0.25, -0.2) is 0 Å². The maximum atomic E-state index is 13.0. The van der Waals surface area contributed by atoms with Crippen LogP contribution in [0.2, 0.25) is 0 Å². The number of anilines is 1. The molecule has 5 nitrogen and oxygen atoms in total. The van der Waals surface area contributed by atoms with Gasteiger partial charge in [0.15, 0.2) is 0 Å². The zero-order valence-corrected chi connectivity index (χ0v) is 17.4. The summed E-state index contributed by atoms with van der Waals surface area (Å²) in [5.74, 6) is 0.531. The Labute approximate surface area is 177 Å². The van der Waals surface area contributed by atoms with Gasteiger partial charge in [0, 0.05) is 25.3 Å². The predicted octanol–water partition coefficient (Wildman–Crippen LogP) is 4.05. The largest absolute Gasteiger partial charge is 0.493 e. The minimum absolute atomic E-state index is 0.0970. The number of rotatable bonds is 7. The third-order valence-corrected chi connectivity index (χ3v) is 5.43. The molecule has 0 spiro atoms. The molecule has 0 radical (unpaired) electrons. The SMILES string of the molecule is CCOc1ccc2ccccc2c1C(=O)NCCc1ccc(N2CCOCC2)cc1. The van der Waals surface area contributed by atoms with Gasteiger partial charge in [0.2, 0.25) is 0 Å². The number of hydrogen-bond acceptors (Lipinski definition) is 4. The van der Waals surface area contributed by atoms with Crippen LogP contribution in [-0.4, -0.2) is 45.4 Å². The van der Waals surface area contributed by atoms with Crippen molar-refractivity contribution in [2.75, 3.05) is 44.4 Å². The van der Waals surface area contributed by atoms with Gasteiger partial charge in [-0.1, -0.05) is 42.5 Å². The smallest absolute Gasteiger partial charge is 0.255 e. The van der Waals surface area contributed by atoms with Gasteiger partial charge in [-0.15, -0.1) is 0 Å². The van der Waals surface area contributed by atoms with Crippen molar-refractivity contribution in [3.05, 3.63) is 71.8 Å². The third-order valence-electron chi connectivity index (χ3n) is 5.43. The van der Waals surface area contributed by atoms with Gasteiger partial charge in [0.05, 0.1) is 25.4 Å². The fraction of sp³-hybridized carbons (Fsp3) is 0.320. The predicted molar refractivity (Wildman–Crippen MR) is 121 cm³/mol. The van der Waals surface area contributed by atoms with Crippen molar-refractivity contribution >= 4 is 22.4 Å². The number of fused-ring (bicyclic) bond motifs is 1. The number of carbonyl (C=O) groups excluding carboxylic acids is 1. The van der Waals surface area contributed by atoms with E-state index in [9.17, 15) is 4.79 Å². The topological polar surface area (TPSA) is 50.8 Å². The molecule has 0 aliphatic carbocycles. The van der Waals surface area contributed by atoms with Crippen molar-refractivity contribution in [2.45, 2.75) is 13.3 Å². The van der Waals surface area contributed by atoms with Crippen molar-refractivity contribution in [3.63, 3.8) is 0 Å². The molecule has 0 bridgehead atoms. The number of hydrogen-bond donors (Lipinski definition) is 1. The van der Waals surface area contributed by atoms with Crippen molar-refractivity contribution in [2.24, 2.45) is 0 Å². The van der Waals surface area contributed by atoms with Gasteiger partial charge in [-0.05, 0) is 47.9 Å². The minimum Gasteiger partial charge on any atom is -0.493 e. The van der Waals surface area contributed by atoms with Gasteiger partial charge in [0.1, 0.15) is 5.75 Å². The first kappa shape index (κ1) is 20.2. The maximum Gasteiger partial charge on any atom is 0.255 e.